The van der Waals surface area contributed by atoms with Gasteiger partial charge in [-0.25, -0.2) is 8.42 Å². The van der Waals surface area contributed by atoms with E-state index in [4.69, 9.17) is 27.9 Å². The first-order chi connectivity index (χ1) is 20.0. The second-order valence-corrected chi connectivity index (χ2v) is 13.1. The fourth-order valence-electron chi connectivity index (χ4n) is 5.00. The summed E-state index contributed by atoms with van der Waals surface area (Å²) in [6.45, 7) is 2.94. The van der Waals surface area contributed by atoms with E-state index in [1.54, 1.807) is 61.5 Å². The van der Waals surface area contributed by atoms with E-state index in [1.165, 1.54) is 24.1 Å². The van der Waals surface area contributed by atoms with Crippen molar-refractivity contribution in [3.8, 4) is 5.75 Å². The SMILES string of the molecule is COc1ccccc1N(CC(=O)N(Cc1ccc(Cl)c(Cl)c1)[C@H](C)C(=O)NC1CCCC1)S(=O)(=O)c1ccc(C)cc1. The number of nitrogens with zero attached hydrogens (tertiary/aromatic N) is 2. The van der Waals surface area contributed by atoms with E-state index < -0.39 is 28.5 Å². The summed E-state index contributed by atoms with van der Waals surface area (Å²) in [6.07, 6.45) is 3.84. The summed E-state index contributed by atoms with van der Waals surface area (Å²) in [5, 5.41) is 3.72. The molecule has 0 aromatic heterocycles. The molecule has 3 aromatic carbocycles. The maximum Gasteiger partial charge on any atom is 0.264 e. The molecule has 1 fully saturated rings. The van der Waals surface area contributed by atoms with Crippen molar-refractivity contribution in [2.45, 2.75) is 63.1 Å². The van der Waals surface area contributed by atoms with Gasteiger partial charge in [-0.05, 0) is 68.7 Å². The highest BCUT2D eigenvalue weighted by atomic mass is 35.5. The Kier molecular flexibility index (Phi) is 10.4. The third-order valence-corrected chi connectivity index (χ3v) is 9.96. The number of aryl methyl sites for hydroxylation is 1. The van der Waals surface area contributed by atoms with E-state index in [1.807, 2.05) is 6.92 Å². The van der Waals surface area contributed by atoms with E-state index >= 15 is 0 Å². The molecule has 1 aliphatic rings. The smallest absolute Gasteiger partial charge is 0.264 e. The van der Waals surface area contributed by atoms with E-state index in [0.29, 0.717) is 15.6 Å². The standard InChI is InChI=1S/C31H35Cl2N3O5S/c1-21-12-15-25(16-13-21)42(39,40)36(28-10-6-7-11-29(28)41-3)20-30(37)35(19-23-14-17-26(32)27(33)18-23)22(2)31(38)34-24-8-4-5-9-24/h6-7,10-18,22,24H,4-5,8-9,19-20H2,1-3H3,(H,34,38)/t22-/m1/s1. The summed E-state index contributed by atoms with van der Waals surface area (Å²) in [5.74, 6) is -0.596. The normalized spacial score (nSPS) is 14.3. The van der Waals surface area contributed by atoms with Gasteiger partial charge in [0.1, 0.15) is 18.3 Å². The maximum atomic E-state index is 14.1. The molecule has 1 N–H and O–H groups in total. The lowest BCUT2D eigenvalue weighted by Crippen LogP contribution is -2.52. The molecule has 42 heavy (non-hydrogen) atoms. The minimum absolute atomic E-state index is 0.0132. The highest BCUT2D eigenvalue weighted by Gasteiger charge is 2.34. The van der Waals surface area contributed by atoms with Crippen molar-refractivity contribution < 1.29 is 22.7 Å². The summed E-state index contributed by atoms with van der Waals surface area (Å²) in [4.78, 5) is 28.9. The number of para-hydroxylation sites is 2. The van der Waals surface area contributed by atoms with E-state index in [2.05, 4.69) is 5.32 Å². The Morgan fingerprint density at radius 2 is 1.67 bits per heavy atom. The number of carbonyl (C=O) groups excluding carboxylic acids is 2. The van der Waals surface area contributed by atoms with Gasteiger partial charge in [-0.15, -0.1) is 0 Å². The zero-order chi connectivity index (χ0) is 30.4. The molecule has 1 atom stereocenters. The topological polar surface area (TPSA) is 96.0 Å². The van der Waals surface area contributed by atoms with Crippen molar-refractivity contribution in [3.05, 3.63) is 87.9 Å². The molecule has 0 bridgehead atoms. The van der Waals surface area contributed by atoms with Gasteiger partial charge in [0, 0.05) is 12.6 Å². The molecule has 8 nitrogen and oxygen atoms in total. The number of halogens is 2. The molecule has 4 rings (SSSR count). The predicted molar refractivity (Wildman–Crippen MR) is 166 cm³/mol. The summed E-state index contributed by atoms with van der Waals surface area (Å²) in [6, 6.07) is 17.1. The molecule has 0 heterocycles. The van der Waals surface area contributed by atoms with Gasteiger partial charge in [-0.1, -0.05) is 71.9 Å². The third-order valence-electron chi connectivity index (χ3n) is 7.45. The highest BCUT2D eigenvalue weighted by molar-refractivity contribution is 7.92. The largest absolute Gasteiger partial charge is 0.495 e. The number of benzene rings is 3. The lowest BCUT2D eigenvalue weighted by Gasteiger charge is -2.33. The highest BCUT2D eigenvalue weighted by Crippen LogP contribution is 2.33. The zero-order valence-corrected chi connectivity index (χ0v) is 26.2. The monoisotopic (exact) mass is 631 g/mol. The number of rotatable bonds is 11. The predicted octanol–water partition coefficient (Wildman–Crippen LogP) is 5.98. The van der Waals surface area contributed by atoms with E-state index in [9.17, 15) is 18.0 Å². The van der Waals surface area contributed by atoms with Gasteiger partial charge < -0.3 is 15.0 Å². The first kappa shape index (κ1) is 31.7. The Labute approximate surface area is 257 Å². The molecule has 2 amide bonds. The molecule has 1 aliphatic carbocycles. The van der Waals surface area contributed by atoms with Gasteiger partial charge >= 0.3 is 0 Å². The van der Waals surface area contributed by atoms with Crippen molar-refractivity contribution in [1.82, 2.24) is 10.2 Å². The summed E-state index contributed by atoms with van der Waals surface area (Å²) in [7, 11) is -2.78. The van der Waals surface area contributed by atoms with Gasteiger partial charge in [0.15, 0.2) is 0 Å². The van der Waals surface area contributed by atoms with Crippen LogP contribution in [0.15, 0.2) is 71.6 Å². The molecule has 0 aliphatic heterocycles. The van der Waals surface area contributed by atoms with Crippen LogP contribution in [0.2, 0.25) is 10.0 Å². The fraction of sp³-hybridized carbons (Fsp3) is 0.355. The molecule has 1 saturated carbocycles. The number of hydrogen-bond acceptors (Lipinski definition) is 5. The Balaban J connectivity index is 1.72. The molecule has 0 radical (unpaired) electrons. The molecule has 0 saturated heterocycles. The average molecular weight is 633 g/mol. The van der Waals surface area contributed by atoms with Gasteiger partial charge in [0.2, 0.25) is 11.8 Å². The van der Waals surface area contributed by atoms with Crippen LogP contribution in [-0.2, 0) is 26.2 Å². The first-order valence-electron chi connectivity index (χ1n) is 13.8. The van der Waals surface area contributed by atoms with Crippen molar-refractivity contribution in [2.24, 2.45) is 0 Å². The molecular weight excluding hydrogens is 597 g/mol. The van der Waals surface area contributed by atoms with Gasteiger partial charge in [-0.2, -0.15) is 0 Å². The van der Waals surface area contributed by atoms with Crippen molar-refractivity contribution in [1.29, 1.82) is 0 Å². The number of ether oxygens (including phenoxy) is 1. The minimum atomic E-state index is -4.22. The minimum Gasteiger partial charge on any atom is -0.495 e. The van der Waals surface area contributed by atoms with Crippen LogP contribution in [0, 0.1) is 6.92 Å². The lowest BCUT2D eigenvalue weighted by molar-refractivity contribution is -0.139. The van der Waals surface area contributed by atoms with E-state index in [-0.39, 0.29) is 34.8 Å². The second-order valence-electron chi connectivity index (χ2n) is 10.4. The van der Waals surface area contributed by atoms with Crippen LogP contribution in [0.5, 0.6) is 5.75 Å². The van der Waals surface area contributed by atoms with Crippen LogP contribution >= 0.6 is 23.2 Å². The zero-order valence-electron chi connectivity index (χ0n) is 23.8. The van der Waals surface area contributed by atoms with E-state index in [0.717, 1.165) is 35.6 Å². The maximum absolute atomic E-state index is 14.1. The van der Waals surface area contributed by atoms with Gasteiger partial charge in [0.25, 0.3) is 10.0 Å². The number of carbonyl (C=O) groups is 2. The number of nitrogens with one attached hydrogen (secondary N) is 1. The van der Waals surface area contributed by atoms with Crippen LogP contribution in [0.4, 0.5) is 5.69 Å². The molecule has 0 spiro atoms. The Hall–Kier alpha value is -3.27. The number of hydrogen-bond donors (Lipinski definition) is 1. The van der Waals surface area contributed by atoms with Crippen molar-refractivity contribution >= 4 is 50.7 Å². The first-order valence-corrected chi connectivity index (χ1v) is 16.0. The lowest BCUT2D eigenvalue weighted by atomic mass is 10.1. The molecule has 11 heteroatoms. The number of amides is 2. The Bertz CT molecular complexity index is 1530. The van der Waals surface area contributed by atoms with Gasteiger partial charge in [0.05, 0.1) is 27.7 Å². The average Bonchev–Trinajstić information content (AvgIpc) is 3.49. The summed E-state index contributed by atoms with van der Waals surface area (Å²) >= 11 is 12.4. The van der Waals surface area contributed by atoms with Crippen LogP contribution in [-0.4, -0.2) is 50.9 Å². The van der Waals surface area contributed by atoms with Crippen molar-refractivity contribution in [3.63, 3.8) is 0 Å². The molecule has 3 aromatic rings. The number of sulfonamides is 1. The van der Waals surface area contributed by atoms with Crippen LogP contribution in [0.25, 0.3) is 0 Å². The Morgan fingerprint density at radius 1 is 1.00 bits per heavy atom. The van der Waals surface area contributed by atoms with Crippen molar-refractivity contribution in [2.75, 3.05) is 18.0 Å². The van der Waals surface area contributed by atoms with Crippen LogP contribution < -0.4 is 14.4 Å². The number of methoxy groups -OCH3 is 1. The third kappa shape index (κ3) is 7.38. The second kappa shape index (κ2) is 13.8. The molecular formula is C31H35Cl2N3O5S. The quantitative estimate of drug-likeness (QED) is 0.281. The summed E-state index contributed by atoms with van der Waals surface area (Å²) < 4.78 is 34.6. The Morgan fingerprint density at radius 3 is 2.31 bits per heavy atom. The molecule has 0 unspecified atom stereocenters. The molecule has 224 valence electrons. The van der Waals surface area contributed by atoms with Crippen LogP contribution in [0.1, 0.15) is 43.7 Å². The van der Waals surface area contributed by atoms with Crippen LogP contribution in [0.3, 0.4) is 0 Å². The number of anilines is 1. The fourth-order valence-corrected chi connectivity index (χ4v) is 6.74. The summed E-state index contributed by atoms with van der Waals surface area (Å²) in [5.41, 5.74) is 1.73. The van der Waals surface area contributed by atoms with Gasteiger partial charge in [-0.3, -0.25) is 13.9 Å².